The monoisotopic (exact) mass is 354 g/mol. The number of benzene rings is 1. The first-order valence-electron chi connectivity index (χ1n) is 7.55. The number of carbonyl (C=O) groups excluding carboxylic acids is 2. The van der Waals surface area contributed by atoms with E-state index in [4.69, 9.17) is 0 Å². The maximum absolute atomic E-state index is 11.9. The second-order valence-electron chi connectivity index (χ2n) is 5.19. The van der Waals surface area contributed by atoms with E-state index in [0.717, 1.165) is 16.7 Å². The number of H-pyrrole nitrogens is 1. The summed E-state index contributed by atoms with van der Waals surface area (Å²) < 4.78 is 0. The zero-order chi connectivity index (χ0) is 17.6. The third-order valence-corrected chi connectivity index (χ3v) is 4.33. The number of para-hydroxylation sites is 2. The molecule has 126 valence electrons. The first-order valence-corrected chi connectivity index (χ1v) is 8.53. The van der Waals surface area contributed by atoms with Crippen molar-refractivity contribution in [1.82, 2.24) is 15.3 Å². The number of hydrogen-bond donors (Lipinski definition) is 2. The van der Waals surface area contributed by atoms with Gasteiger partial charge in [0.15, 0.2) is 12.4 Å². The number of pyridine rings is 1. The Morgan fingerprint density at radius 1 is 1.12 bits per heavy atom. The first kappa shape index (κ1) is 16.8. The van der Waals surface area contributed by atoms with Crippen molar-refractivity contribution in [2.75, 3.05) is 11.1 Å². The summed E-state index contributed by atoms with van der Waals surface area (Å²) in [5, 5.41) is 5.52. The Labute approximate surface area is 148 Å². The molecule has 0 fully saturated rings. The van der Waals surface area contributed by atoms with Crippen LogP contribution in [0.1, 0.15) is 5.69 Å². The highest BCUT2D eigenvalue weighted by molar-refractivity contribution is 7.99. The van der Waals surface area contributed by atoms with Gasteiger partial charge in [-0.1, -0.05) is 23.9 Å². The van der Waals surface area contributed by atoms with Gasteiger partial charge in [0.1, 0.15) is 10.7 Å². The Balaban J connectivity index is 1.57. The van der Waals surface area contributed by atoms with Crippen LogP contribution < -0.4 is 15.6 Å². The van der Waals surface area contributed by atoms with Crippen LogP contribution in [0.4, 0.5) is 10.5 Å². The minimum Gasteiger partial charge on any atom is -0.302 e. The number of aromatic amines is 1. The summed E-state index contributed by atoms with van der Waals surface area (Å²) in [5.74, 6) is -0.334. The first-order chi connectivity index (χ1) is 12.1. The second-order valence-corrected chi connectivity index (χ2v) is 6.15. The third kappa shape index (κ3) is 4.51. The number of carbonyl (C=O) groups is 2. The van der Waals surface area contributed by atoms with Crippen molar-refractivity contribution >= 4 is 40.4 Å². The van der Waals surface area contributed by atoms with E-state index in [1.807, 2.05) is 31.2 Å². The number of fused-ring (bicyclic) bond motifs is 1. The van der Waals surface area contributed by atoms with Crippen molar-refractivity contribution in [1.29, 1.82) is 0 Å². The summed E-state index contributed by atoms with van der Waals surface area (Å²) in [5.41, 5.74) is 2.90. The Kier molecular flexibility index (Phi) is 5.20. The Hall–Kier alpha value is -3.00. The van der Waals surface area contributed by atoms with Gasteiger partial charge >= 0.3 is 6.03 Å². The number of aromatic nitrogens is 3. The molecule has 0 aliphatic rings. The number of nitrogens with one attached hydrogen (secondary N) is 3. The molecule has 0 spiro atoms. The number of amides is 3. The van der Waals surface area contributed by atoms with Crippen LogP contribution in [0.3, 0.4) is 0 Å². The van der Waals surface area contributed by atoms with E-state index in [1.54, 1.807) is 24.5 Å². The van der Waals surface area contributed by atoms with E-state index < -0.39 is 11.9 Å². The van der Waals surface area contributed by atoms with Gasteiger partial charge in [0.2, 0.25) is 5.91 Å². The molecular weight excluding hydrogens is 338 g/mol. The van der Waals surface area contributed by atoms with Crippen LogP contribution in [0.15, 0.2) is 53.8 Å². The maximum Gasteiger partial charge on any atom is 0.326 e. The average Bonchev–Trinajstić information content (AvgIpc) is 2.60. The van der Waals surface area contributed by atoms with Crippen LogP contribution in [-0.2, 0) is 4.79 Å². The molecule has 0 radical (unpaired) electrons. The van der Waals surface area contributed by atoms with Crippen molar-refractivity contribution in [2.24, 2.45) is 0 Å². The van der Waals surface area contributed by atoms with Crippen LogP contribution in [0.25, 0.3) is 11.0 Å². The molecule has 25 heavy (non-hydrogen) atoms. The van der Waals surface area contributed by atoms with Crippen molar-refractivity contribution in [3.8, 4) is 0 Å². The van der Waals surface area contributed by atoms with E-state index in [9.17, 15) is 9.59 Å². The molecule has 2 heterocycles. The van der Waals surface area contributed by atoms with Gasteiger partial charge in [-0.25, -0.2) is 19.7 Å². The van der Waals surface area contributed by atoms with Gasteiger partial charge < -0.3 is 5.32 Å². The molecule has 0 aliphatic carbocycles. The Morgan fingerprint density at radius 2 is 1.88 bits per heavy atom. The van der Waals surface area contributed by atoms with Crippen LogP contribution in [0, 0.1) is 6.92 Å². The highest BCUT2D eigenvalue weighted by atomic mass is 32.2. The van der Waals surface area contributed by atoms with E-state index in [-0.39, 0.29) is 5.75 Å². The number of urea groups is 1. The summed E-state index contributed by atoms with van der Waals surface area (Å²) in [7, 11) is 0. The predicted octanol–water partition coefficient (Wildman–Crippen LogP) is 2.19. The summed E-state index contributed by atoms with van der Waals surface area (Å²) in [6.07, 6.45) is 3.34. The fourth-order valence-electron chi connectivity index (χ4n) is 2.14. The third-order valence-electron chi connectivity index (χ3n) is 3.26. The normalized spacial score (nSPS) is 10.4. The van der Waals surface area contributed by atoms with Crippen LogP contribution >= 0.6 is 11.8 Å². The van der Waals surface area contributed by atoms with Gasteiger partial charge in [0.25, 0.3) is 0 Å². The topological polar surface area (TPSA) is 98.1 Å². The standard InChI is InChI=1S/C17H15N5O2S/c1-11-16(21-14-7-3-2-6-13(14)19-11)25-10-15(23)22-17(24)20-12-5-4-8-18-9-12/h2-9H,10H2,1H3,(H2,20,22,23,24)/p+1. The summed E-state index contributed by atoms with van der Waals surface area (Å²) in [6, 6.07) is 10.4. The largest absolute Gasteiger partial charge is 0.326 e. The Morgan fingerprint density at radius 3 is 2.60 bits per heavy atom. The molecule has 8 heteroatoms. The molecule has 0 saturated heterocycles. The molecule has 3 N–H and O–H groups in total. The van der Waals surface area contributed by atoms with Gasteiger partial charge in [-0.3, -0.25) is 10.1 Å². The zero-order valence-electron chi connectivity index (χ0n) is 13.4. The minimum absolute atomic E-state index is 0.0716. The fraction of sp³-hybridized carbons (Fsp3) is 0.118. The fourth-order valence-corrected chi connectivity index (χ4v) is 2.90. The summed E-state index contributed by atoms with van der Waals surface area (Å²) >= 11 is 1.25. The molecule has 2 aromatic heterocycles. The predicted molar refractivity (Wildman–Crippen MR) is 95.2 cm³/mol. The zero-order valence-corrected chi connectivity index (χ0v) is 14.3. The minimum atomic E-state index is -0.577. The molecule has 1 aromatic carbocycles. The van der Waals surface area contributed by atoms with Crippen molar-refractivity contribution in [2.45, 2.75) is 11.9 Å². The molecule has 0 bridgehead atoms. The summed E-state index contributed by atoms with van der Waals surface area (Å²) in [4.78, 5) is 35.5. The van der Waals surface area contributed by atoms with Crippen molar-refractivity contribution in [3.05, 3.63) is 54.5 Å². The molecule has 0 unspecified atom stereocenters. The van der Waals surface area contributed by atoms with E-state index in [0.29, 0.717) is 10.7 Å². The highest BCUT2D eigenvalue weighted by Gasteiger charge is 2.12. The second kappa shape index (κ2) is 7.71. The molecule has 0 atom stereocenters. The summed E-state index contributed by atoms with van der Waals surface area (Å²) in [6.45, 7) is 1.85. The van der Waals surface area contributed by atoms with Crippen molar-refractivity contribution < 1.29 is 14.6 Å². The number of anilines is 1. The number of thioether (sulfide) groups is 1. The average molecular weight is 354 g/mol. The van der Waals surface area contributed by atoms with Gasteiger partial charge in [-0.05, 0) is 25.1 Å². The number of aryl methyl sites for hydroxylation is 1. The highest BCUT2D eigenvalue weighted by Crippen LogP contribution is 2.21. The number of hydrogen-bond acceptors (Lipinski definition) is 5. The van der Waals surface area contributed by atoms with Gasteiger partial charge in [0, 0.05) is 6.07 Å². The van der Waals surface area contributed by atoms with Crippen LogP contribution in [0.5, 0.6) is 0 Å². The molecule has 3 rings (SSSR count). The molecule has 0 aliphatic heterocycles. The van der Waals surface area contributed by atoms with Gasteiger partial charge in [0.05, 0.1) is 22.5 Å². The number of imide groups is 1. The van der Waals surface area contributed by atoms with Crippen molar-refractivity contribution in [3.63, 3.8) is 0 Å². The molecule has 0 saturated carbocycles. The number of rotatable bonds is 4. The maximum atomic E-state index is 11.9. The van der Waals surface area contributed by atoms with Gasteiger partial charge in [-0.15, -0.1) is 0 Å². The molecule has 7 nitrogen and oxygen atoms in total. The van der Waals surface area contributed by atoms with Crippen LogP contribution in [-0.4, -0.2) is 27.7 Å². The SMILES string of the molecule is Cc1nc2ccccc2nc1SCC(=O)NC(=O)Nc1ccc[nH+]c1. The van der Waals surface area contributed by atoms with E-state index in [2.05, 4.69) is 25.6 Å². The lowest BCUT2D eigenvalue weighted by Crippen LogP contribution is -2.35. The van der Waals surface area contributed by atoms with E-state index in [1.165, 1.54) is 11.8 Å². The lowest BCUT2D eigenvalue weighted by Gasteiger charge is -2.07. The lowest BCUT2D eigenvalue weighted by molar-refractivity contribution is -0.377. The number of nitrogens with zero attached hydrogens (tertiary/aromatic N) is 2. The molecule has 3 aromatic rings. The van der Waals surface area contributed by atoms with E-state index >= 15 is 0 Å². The molecular formula is C17H16N5O2S+. The van der Waals surface area contributed by atoms with Crippen LogP contribution in [0.2, 0.25) is 0 Å². The van der Waals surface area contributed by atoms with Gasteiger partial charge in [-0.2, -0.15) is 0 Å². The molecule has 3 amide bonds. The smallest absolute Gasteiger partial charge is 0.302 e. The Bertz CT molecular complexity index is 917. The quantitative estimate of drug-likeness (QED) is 0.700. The lowest BCUT2D eigenvalue weighted by atomic mass is 10.3.